The normalized spacial score (nSPS) is 21.4. The number of rotatable bonds is 6. The van der Waals surface area contributed by atoms with Crippen LogP contribution >= 0.6 is 9.24 Å². The Balaban J connectivity index is 1.62. The maximum atomic E-state index is 14.6. The van der Waals surface area contributed by atoms with Gasteiger partial charge in [-0.1, -0.05) is 30.0 Å². The second kappa shape index (κ2) is 9.23. The largest absolute Gasteiger partial charge is 0.382 e. The molecule has 2 aromatic heterocycles. The highest BCUT2D eigenvalue weighted by molar-refractivity contribution is 7.18. The first kappa shape index (κ1) is 23.6. The molecule has 170 valence electrons. The number of carbonyl (C=O) groups excluding carboxylic acids is 1. The Labute approximate surface area is 187 Å². The van der Waals surface area contributed by atoms with E-state index in [9.17, 15) is 9.18 Å². The summed E-state index contributed by atoms with van der Waals surface area (Å²) in [5.74, 6) is -0.0629. The first-order valence-electron chi connectivity index (χ1n) is 11.1. The SMILES string of the molecule is CCn1nccc1C(=O)NC1CCC(Nc2cc(C(C)(C)C)nc(C(C)(F)P)c2)CC1. The van der Waals surface area contributed by atoms with E-state index < -0.39 is 5.41 Å². The molecule has 2 unspecified atom stereocenters. The van der Waals surface area contributed by atoms with Gasteiger partial charge >= 0.3 is 0 Å². The molecule has 0 bridgehead atoms. The first-order valence-corrected chi connectivity index (χ1v) is 11.6. The van der Waals surface area contributed by atoms with Crippen LogP contribution in [0.5, 0.6) is 0 Å². The molecule has 2 aromatic rings. The zero-order valence-corrected chi connectivity index (χ0v) is 20.4. The number of amides is 1. The highest BCUT2D eigenvalue weighted by Crippen LogP contribution is 2.35. The third-order valence-corrected chi connectivity index (χ3v) is 6.07. The zero-order chi connectivity index (χ0) is 22.8. The highest BCUT2D eigenvalue weighted by Gasteiger charge is 2.27. The van der Waals surface area contributed by atoms with Crippen molar-refractivity contribution >= 4 is 20.8 Å². The summed E-state index contributed by atoms with van der Waals surface area (Å²) < 4.78 is 16.3. The number of aryl methyl sites for hydroxylation is 1. The highest BCUT2D eigenvalue weighted by atomic mass is 31.0. The average Bonchev–Trinajstić information content (AvgIpc) is 3.17. The topological polar surface area (TPSA) is 71.8 Å². The molecule has 2 atom stereocenters. The van der Waals surface area contributed by atoms with Gasteiger partial charge in [0.1, 0.15) is 5.69 Å². The molecule has 2 heterocycles. The van der Waals surface area contributed by atoms with Gasteiger partial charge in [0.2, 0.25) is 0 Å². The summed E-state index contributed by atoms with van der Waals surface area (Å²) in [5, 5.41) is 9.32. The lowest BCUT2D eigenvalue weighted by molar-refractivity contribution is 0.0915. The van der Waals surface area contributed by atoms with Crippen LogP contribution in [0.3, 0.4) is 0 Å². The van der Waals surface area contributed by atoms with Crippen LogP contribution < -0.4 is 10.6 Å². The van der Waals surface area contributed by atoms with Crippen molar-refractivity contribution in [2.24, 2.45) is 0 Å². The second-order valence-corrected chi connectivity index (χ2v) is 10.7. The number of hydrogen-bond acceptors (Lipinski definition) is 4. The molecule has 0 aromatic carbocycles. The molecular formula is C23H35FN5OP. The molecule has 6 nitrogen and oxygen atoms in total. The summed E-state index contributed by atoms with van der Waals surface area (Å²) in [5.41, 5.74) is 2.62. The summed E-state index contributed by atoms with van der Waals surface area (Å²) in [7, 11) is 2.24. The molecule has 1 fully saturated rings. The standard InChI is InChI=1S/C23H35FN5OP/c1-6-29-18(11-12-25-29)21(30)27-16-9-7-15(8-10-16)26-17-13-19(22(2,3)4)28-20(14-17)23(5,24)31/h11-16H,6-10,31H2,1-5H3,(H,26,28)(H,27,30). The molecule has 1 aliphatic carbocycles. The van der Waals surface area contributed by atoms with E-state index in [0.717, 1.165) is 37.1 Å². The van der Waals surface area contributed by atoms with Crippen LogP contribution in [0.15, 0.2) is 24.4 Å². The van der Waals surface area contributed by atoms with Gasteiger partial charge < -0.3 is 10.6 Å². The molecule has 0 spiro atoms. The molecule has 0 radical (unpaired) electrons. The Bertz CT molecular complexity index is 875. The van der Waals surface area contributed by atoms with Crippen molar-refractivity contribution < 1.29 is 9.18 Å². The van der Waals surface area contributed by atoms with Crippen molar-refractivity contribution in [2.45, 2.75) is 89.8 Å². The minimum atomic E-state index is -1.58. The van der Waals surface area contributed by atoms with Crippen molar-refractivity contribution in [1.82, 2.24) is 20.1 Å². The van der Waals surface area contributed by atoms with E-state index in [0.29, 0.717) is 17.9 Å². The van der Waals surface area contributed by atoms with Gasteiger partial charge in [0, 0.05) is 41.6 Å². The number of carbonyl (C=O) groups is 1. The number of pyridine rings is 1. The predicted molar refractivity (Wildman–Crippen MR) is 126 cm³/mol. The summed E-state index contributed by atoms with van der Waals surface area (Å²) in [6, 6.07) is 6.03. The Morgan fingerprint density at radius 3 is 2.35 bits per heavy atom. The van der Waals surface area contributed by atoms with Crippen LogP contribution in [-0.4, -0.2) is 32.8 Å². The zero-order valence-electron chi connectivity index (χ0n) is 19.2. The summed E-state index contributed by atoms with van der Waals surface area (Å²) in [6.07, 6.45) is 5.34. The predicted octanol–water partition coefficient (Wildman–Crippen LogP) is 4.77. The third-order valence-electron chi connectivity index (χ3n) is 5.78. The lowest BCUT2D eigenvalue weighted by Gasteiger charge is -2.31. The summed E-state index contributed by atoms with van der Waals surface area (Å²) >= 11 is 0. The fraction of sp³-hybridized carbons (Fsp3) is 0.609. The molecule has 31 heavy (non-hydrogen) atoms. The van der Waals surface area contributed by atoms with Crippen molar-refractivity contribution in [1.29, 1.82) is 0 Å². The maximum Gasteiger partial charge on any atom is 0.269 e. The maximum absolute atomic E-state index is 14.6. The average molecular weight is 448 g/mol. The lowest BCUT2D eigenvalue weighted by Crippen LogP contribution is -2.40. The van der Waals surface area contributed by atoms with Crippen molar-refractivity contribution in [3.8, 4) is 0 Å². The van der Waals surface area contributed by atoms with Gasteiger partial charge in [-0.2, -0.15) is 5.10 Å². The summed E-state index contributed by atoms with van der Waals surface area (Å²) in [4.78, 5) is 17.1. The Morgan fingerprint density at radius 2 is 1.77 bits per heavy atom. The van der Waals surface area contributed by atoms with E-state index in [2.05, 4.69) is 50.7 Å². The van der Waals surface area contributed by atoms with Gasteiger partial charge in [0.15, 0.2) is 5.41 Å². The first-order chi connectivity index (χ1) is 14.5. The number of nitrogens with zero attached hydrogens (tertiary/aromatic N) is 3. The number of anilines is 1. The van der Waals surface area contributed by atoms with Gasteiger partial charge in [-0.3, -0.25) is 14.5 Å². The monoisotopic (exact) mass is 447 g/mol. The van der Waals surface area contributed by atoms with E-state index in [1.54, 1.807) is 16.9 Å². The fourth-order valence-electron chi connectivity index (χ4n) is 3.90. The molecule has 2 N–H and O–H groups in total. The number of nitrogens with one attached hydrogen (secondary N) is 2. The quantitative estimate of drug-likeness (QED) is 0.626. The van der Waals surface area contributed by atoms with Crippen molar-refractivity contribution in [3.63, 3.8) is 0 Å². The molecule has 0 aliphatic heterocycles. The van der Waals surface area contributed by atoms with Crippen LogP contribution in [-0.2, 0) is 17.4 Å². The van der Waals surface area contributed by atoms with Crippen LogP contribution in [0.1, 0.15) is 82.2 Å². The van der Waals surface area contributed by atoms with E-state index in [1.807, 2.05) is 19.1 Å². The van der Waals surface area contributed by atoms with Gasteiger partial charge in [0.25, 0.3) is 5.91 Å². The minimum Gasteiger partial charge on any atom is -0.382 e. The second-order valence-electron chi connectivity index (χ2n) is 9.65. The number of alkyl halides is 1. The third kappa shape index (κ3) is 6.03. The van der Waals surface area contributed by atoms with Gasteiger partial charge in [-0.05, 0) is 57.7 Å². The summed E-state index contributed by atoms with van der Waals surface area (Å²) in [6.45, 7) is 10.4. The molecule has 1 aliphatic rings. The van der Waals surface area contributed by atoms with E-state index in [-0.39, 0.29) is 23.4 Å². The molecular weight excluding hydrogens is 412 g/mol. The molecule has 1 amide bonds. The molecule has 1 saturated carbocycles. The number of hydrogen-bond donors (Lipinski definition) is 2. The lowest BCUT2D eigenvalue weighted by atomic mass is 9.89. The fourth-order valence-corrected chi connectivity index (χ4v) is 4.05. The van der Waals surface area contributed by atoms with Crippen LogP contribution in [0.4, 0.5) is 10.1 Å². The molecule has 0 saturated heterocycles. The smallest absolute Gasteiger partial charge is 0.269 e. The van der Waals surface area contributed by atoms with Crippen LogP contribution in [0, 0.1) is 0 Å². The van der Waals surface area contributed by atoms with E-state index in [1.165, 1.54) is 6.92 Å². The molecule has 3 rings (SSSR count). The Kier molecular flexibility index (Phi) is 7.04. The van der Waals surface area contributed by atoms with Crippen LogP contribution in [0.25, 0.3) is 0 Å². The van der Waals surface area contributed by atoms with Crippen molar-refractivity contribution in [2.75, 3.05) is 5.32 Å². The minimum absolute atomic E-state index is 0.0629. The Hall–Kier alpha value is -2.01. The number of aromatic nitrogens is 3. The number of halogens is 1. The Morgan fingerprint density at radius 1 is 1.16 bits per heavy atom. The van der Waals surface area contributed by atoms with Crippen molar-refractivity contribution in [3.05, 3.63) is 41.5 Å². The van der Waals surface area contributed by atoms with Crippen LogP contribution in [0.2, 0.25) is 0 Å². The van der Waals surface area contributed by atoms with Gasteiger partial charge in [-0.25, -0.2) is 4.39 Å². The van der Waals surface area contributed by atoms with E-state index in [4.69, 9.17) is 0 Å². The van der Waals surface area contributed by atoms with Gasteiger partial charge in [-0.15, -0.1) is 0 Å². The van der Waals surface area contributed by atoms with E-state index >= 15 is 0 Å². The van der Waals surface area contributed by atoms with Gasteiger partial charge in [0.05, 0.1) is 5.69 Å². The molecule has 8 heteroatoms.